The molecule has 0 spiro atoms. The van der Waals surface area contributed by atoms with Crippen LogP contribution in [0.4, 0.5) is 0 Å². The topological polar surface area (TPSA) is 24.1 Å². The Hall–Kier alpha value is -0.500. The van der Waals surface area contributed by atoms with Gasteiger partial charge in [-0.05, 0) is 41.0 Å². The lowest BCUT2D eigenvalue weighted by molar-refractivity contribution is 0.340. The van der Waals surface area contributed by atoms with Crippen LogP contribution in [0.25, 0.3) is 0 Å². The zero-order valence-corrected chi connectivity index (χ0v) is 9.21. The summed E-state index contributed by atoms with van der Waals surface area (Å²) in [5, 5.41) is 0. The minimum Gasteiger partial charge on any atom is -0.325 e. The molecule has 0 amide bonds. The van der Waals surface area contributed by atoms with E-state index in [1.54, 1.807) is 0 Å². The highest BCUT2D eigenvalue weighted by Crippen LogP contribution is 2.06. The molecule has 0 saturated carbocycles. The summed E-state index contributed by atoms with van der Waals surface area (Å²) >= 11 is 0. The van der Waals surface area contributed by atoms with Gasteiger partial charge in [-0.25, -0.2) is 5.43 Å². The van der Waals surface area contributed by atoms with Crippen molar-refractivity contribution in [3.63, 3.8) is 0 Å². The lowest BCUT2D eigenvalue weighted by atomic mass is 10.0. The van der Waals surface area contributed by atoms with E-state index < -0.39 is 0 Å². The lowest BCUT2D eigenvalue weighted by Gasteiger charge is -2.26. The molecule has 0 aliphatic heterocycles. The van der Waals surface area contributed by atoms with E-state index in [0.29, 0.717) is 0 Å². The Labute approximate surface area is 76.4 Å². The van der Waals surface area contributed by atoms with Gasteiger partial charge < -0.3 is 5.43 Å². The first-order chi connectivity index (χ1) is 5.39. The molecular formula is C10H22N2. The Kier molecular flexibility index (Phi) is 4.32. The summed E-state index contributed by atoms with van der Waals surface area (Å²) in [5.74, 6) is 0. The molecule has 0 heterocycles. The van der Waals surface area contributed by atoms with E-state index >= 15 is 0 Å². The van der Waals surface area contributed by atoms with Crippen molar-refractivity contribution >= 4 is 0 Å². The van der Waals surface area contributed by atoms with E-state index in [9.17, 15) is 0 Å². The highest BCUT2D eigenvalue weighted by molar-refractivity contribution is 5.03. The van der Waals surface area contributed by atoms with Crippen LogP contribution in [0.15, 0.2) is 11.3 Å². The van der Waals surface area contributed by atoms with Gasteiger partial charge in [0, 0.05) is 11.2 Å². The molecule has 0 aromatic carbocycles. The number of hydrogen-bond acceptors (Lipinski definition) is 2. The fourth-order valence-corrected chi connectivity index (χ4v) is 0.476. The van der Waals surface area contributed by atoms with Crippen molar-refractivity contribution in [1.29, 1.82) is 0 Å². The maximum atomic E-state index is 3.28. The summed E-state index contributed by atoms with van der Waals surface area (Å²) in [6.07, 6.45) is 1.11. The molecule has 0 aliphatic rings. The number of rotatable bonds is 4. The number of hydrazine groups is 1. The van der Waals surface area contributed by atoms with Gasteiger partial charge in [-0.1, -0.05) is 12.5 Å². The average molecular weight is 170 g/mol. The number of hydrogen-bond donors (Lipinski definition) is 2. The van der Waals surface area contributed by atoms with E-state index in [0.717, 1.165) is 6.42 Å². The Balaban J connectivity index is 3.92. The van der Waals surface area contributed by atoms with E-state index in [2.05, 4.69) is 52.4 Å². The Bertz CT molecular complexity index is 165. The van der Waals surface area contributed by atoms with Crippen LogP contribution in [0.3, 0.4) is 0 Å². The molecular weight excluding hydrogens is 148 g/mol. The molecule has 0 bridgehead atoms. The minimum atomic E-state index is 0.163. The predicted octanol–water partition coefficient (Wildman–Crippen LogP) is 2.58. The number of nitrogens with one attached hydrogen (secondary N) is 2. The summed E-state index contributed by atoms with van der Waals surface area (Å²) in [6.45, 7) is 12.8. The van der Waals surface area contributed by atoms with Crippen LogP contribution in [-0.4, -0.2) is 5.54 Å². The Morgan fingerprint density at radius 3 is 2.00 bits per heavy atom. The first-order valence-corrected chi connectivity index (χ1v) is 4.56. The normalized spacial score (nSPS) is 11.2. The molecule has 0 saturated heterocycles. The molecule has 0 rings (SSSR count). The van der Waals surface area contributed by atoms with Crippen LogP contribution in [0, 0.1) is 0 Å². The van der Waals surface area contributed by atoms with E-state index in [4.69, 9.17) is 0 Å². The van der Waals surface area contributed by atoms with Crippen LogP contribution in [0.5, 0.6) is 0 Å². The molecule has 12 heavy (non-hydrogen) atoms. The fraction of sp³-hybridized carbons (Fsp3) is 0.800. The molecule has 0 aromatic rings. The van der Waals surface area contributed by atoms with Gasteiger partial charge in [0.1, 0.15) is 0 Å². The molecule has 0 atom stereocenters. The molecule has 0 aromatic heterocycles. The van der Waals surface area contributed by atoms with Crippen molar-refractivity contribution in [3.8, 4) is 0 Å². The predicted molar refractivity (Wildman–Crippen MR) is 54.7 cm³/mol. The van der Waals surface area contributed by atoms with E-state index in [1.165, 1.54) is 11.3 Å². The van der Waals surface area contributed by atoms with Gasteiger partial charge in [-0.2, -0.15) is 0 Å². The largest absolute Gasteiger partial charge is 0.325 e. The van der Waals surface area contributed by atoms with Crippen LogP contribution < -0.4 is 10.9 Å². The quantitative estimate of drug-likeness (QED) is 0.634. The molecule has 2 N–H and O–H groups in total. The Morgan fingerprint density at radius 2 is 1.67 bits per heavy atom. The van der Waals surface area contributed by atoms with Gasteiger partial charge in [-0.15, -0.1) is 0 Å². The van der Waals surface area contributed by atoms with Gasteiger partial charge in [0.05, 0.1) is 0 Å². The third-order valence-electron chi connectivity index (χ3n) is 2.22. The van der Waals surface area contributed by atoms with Crippen molar-refractivity contribution in [2.75, 3.05) is 0 Å². The van der Waals surface area contributed by atoms with Crippen molar-refractivity contribution in [3.05, 3.63) is 11.3 Å². The third-order valence-corrected chi connectivity index (χ3v) is 2.22. The summed E-state index contributed by atoms with van der Waals surface area (Å²) in [6, 6.07) is 0. The van der Waals surface area contributed by atoms with Gasteiger partial charge in [-0.3, -0.25) is 0 Å². The van der Waals surface area contributed by atoms with Crippen molar-refractivity contribution < 1.29 is 0 Å². The maximum Gasteiger partial charge on any atom is 0.0312 e. The molecule has 0 radical (unpaired) electrons. The summed E-state index contributed by atoms with van der Waals surface area (Å²) in [5.41, 5.74) is 9.17. The van der Waals surface area contributed by atoms with Crippen LogP contribution in [0.2, 0.25) is 0 Å². The monoisotopic (exact) mass is 170 g/mol. The average Bonchev–Trinajstić information content (AvgIpc) is 2.00. The SMILES string of the molecule is CCC(C)(C)NNC(C)=C(C)C. The van der Waals surface area contributed by atoms with Gasteiger partial charge >= 0.3 is 0 Å². The zero-order chi connectivity index (χ0) is 9.78. The van der Waals surface area contributed by atoms with Crippen molar-refractivity contribution in [1.82, 2.24) is 10.9 Å². The summed E-state index contributed by atoms with van der Waals surface area (Å²) in [4.78, 5) is 0. The lowest BCUT2D eigenvalue weighted by Crippen LogP contribution is -2.47. The van der Waals surface area contributed by atoms with Crippen molar-refractivity contribution in [2.24, 2.45) is 0 Å². The van der Waals surface area contributed by atoms with Crippen LogP contribution in [0.1, 0.15) is 48.0 Å². The van der Waals surface area contributed by atoms with Crippen molar-refractivity contribution in [2.45, 2.75) is 53.5 Å². The molecule has 2 heteroatoms. The van der Waals surface area contributed by atoms with Crippen LogP contribution in [-0.2, 0) is 0 Å². The first kappa shape index (κ1) is 11.5. The summed E-state index contributed by atoms with van der Waals surface area (Å²) in [7, 11) is 0. The molecule has 0 aliphatic carbocycles. The summed E-state index contributed by atoms with van der Waals surface area (Å²) < 4.78 is 0. The van der Waals surface area contributed by atoms with E-state index in [-0.39, 0.29) is 5.54 Å². The minimum absolute atomic E-state index is 0.163. The molecule has 2 nitrogen and oxygen atoms in total. The second kappa shape index (κ2) is 4.51. The second-order valence-electron chi connectivity index (χ2n) is 4.11. The second-order valence-corrected chi connectivity index (χ2v) is 4.11. The first-order valence-electron chi connectivity index (χ1n) is 4.56. The number of allylic oxidation sites excluding steroid dienone is 2. The molecule has 72 valence electrons. The van der Waals surface area contributed by atoms with E-state index in [1.807, 2.05) is 0 Å². The standard InChI is InChI=1S/C10H22N2/c1-7-10(5,6)12-11-9(4)8(2)3/h11-12H,7H2,1-6H3. The Morgan fingerprint density at radius 1 is 1.17 bits per heavy atom. The van der Waals surface area contributed by atoms with Gasteiger partial charge in [0.2, 0.25) is 0 Å². The smallest absolute Gasteiger partial charge is 0.0312 e. The van der Waals surface area contributed by atoms with Crippen LogP contribution >= 0.6 is 0 Å². The molecule has 0 fully saturated rings. The maximum absolute atomic E-state index is 3.28. The highest BCUT2D eigenvalue weighted by Gasteiger charge is 2.12. The zero-order valence-electron chi connectivity index (χ0n) is 9.21. The van der Waals surface area contributed by atoms with Gasteiger partial charge in [0.25, 0.3) is 0 Å². The molecule has 0 unspecified atom stereocenters. The third kappa shape index (κ3) is 4.39. The fourth-order valence-electron chi connectivity index (χ4n) is 0.476. The van der Waals surface area contributed by atoms with Gasteiger partial charge in [0.15, 0.2) is 0 Å². The highest BCUT2D eigenvalue weighted by atomic mass is 15.4.